The molecule has 0 amide bonds. The number of nitrogens with zero attached hydrogens (tertiary/aromatic N) is 1. The molecule has 1 aromatic carbocycles. The van der Waals surface area contributed by atoms with Crippen LogP contribution in [0.1, 0.15) is 31.2 Å². The molecule has 3 rings (SSSR count). The number of para-hydroxylation sites is 1. The van der Waals surface area contributed by atoms with E-state index >= 15 is 0 Å². The van der Waals surface area contributed by atoms with E-state index in [1.807, 2.05) is 11.3 Å². The fourth-order valence-corrected chi connectivity index (χ4v) is 4.24. The summed E-state index contributed by atoms with van der Waals surface area (Å²) in [5.41, 5.74) is 1.35. The first-order valence-electron chi connectivity index (χ1n) is 7.94. The minimum Gasteiger partial charge on any atom is -0.381 e. The third-order valence-corrected chi connectivity index (χ3v) is 5.23. The van der Waals surface area contributed by atoms with E-state index in [4.69, 9.17) is 9.72 Å². The second-order valence-electron chi connectivity index (χ2n) is 6.09. The van der Waals surface area contributed by atoms with Gasteiger partial charge in [-0.25, -0.2) is 4.98 Å². The molecule has 114 valence electrons. The van der Waals surface area contributed by atoms with Crippen LogP contribution in [-0.4, -0.2) is 31.3 Å². The topological polar surface area (TPSA) is 34.2 Å². The number of hydrogen-bond acceptors (Lipinski definition) is 4. The minimum absolute atomic E-state index is 0.224. The molecule has 0 saturated carbocycles. The molecule has 1 atom stereocenters. The SMILES string of the molecule is CCCNCC1(Cc2nc3ccccc3s2)CCCOC1. The number of fused-ring (bicyclic) bond motifs is 1. The third kappa shape index (κ3) is 3.62. The summed E-state index contributed by atoms with van der Waals surface area (Å²) in [6.07, 6.45) is 4.61. The largest absolute Gasteiger partial charge is 0.381 e. The molecule has 0 aliphatic carbocycles. The first-order chi connectivity index (χ1) is 10.3. The Morgan fingerprint density at radius 2 is 2.29 bits per heavy atom. The minimum atomic E-state index is 0.224. The number of aromatic nitrogens is 1. The Hall–Kier alpha value is -0.970. The Morgan fingerprint density at radius 1 is 1.38 bits per heavy atom. The maximum Gasteiger partial charge on any atom is 0.0945 e. The third-order valence-electron chi connectivity index (χ3n) is 4.20. The Kier molecular flexibility index (Phi) is 4.88. The zero-order valence-electron chi connectivity index (χ0n) is 12.7. The van der Waals surface area contributed by atoms with Crippen LogP contribution >= 0.6 is 11.3 Å². The normalized spacial score (nSPS) is 22.7. The van der Waals surface area contributed by atoms with Crippen molar-refractivity contribution < 1.29 is 4.74 Å². The molecule has 4 heteroatoms. The lowest BCUT2D eigenvalue weighted by Crippen LogP contribution is -2.43. The molecular weight excluding hydrogens is 280 g/mol. The van der Waals surface area contributed by atoms with E-state index in [-0.39, 0.29) is 5.41 Å². The molecule has 1 aromatic heterocycles. The van der Waals surface area contributed by atoms with Gasteiger partial charge in [0.1, 0.15) is 0 Å². The van der Waals surface area contributed by atoms with Crippen molar-refractivity contribution in [1.29, 1.82) is 0 Å². The van der Waals surface area contributed by atoms with Crippen molar-refractivity contribution in [2.45, 2.75) is 32.6 Å². The Balaban J connectivity index is 1.76. The Bertz CT molecular complexity index is 542. The van der Waals surface area contributed by atoms with Gasteiger partial charge in [-0.15, -0.1) is 11.3 Å². The quantitative estimate of drug-likeness (QED) is 0.827. The van der Waals surface area contributed by atoms with Crippen LogP contribution in [0.15, 0.2) is 24.3 Å². The molecule has 0 spiro atoms. The molecule has 1 aliphatic rings. The van der Waals surface area contributed by atoms with Crippen LogP contribution in [0.3, 0.4) is 0 Å². The van der Waals surface area contributed by atoms with Crippen LogP contribution in [0.25, 0.3) is 10.2 Å². The van der Waals surface area contributed by atoms with Gasteiger partial charge in [0, 0.05) is 25.0 Å². The van der Waals surface area contributed by atoms with E-state index in [2.05, 4.69) is 36.5 Å². The number of hydrogen-bond donors (Lipinski definition) is 1. The maximum atomic E-state index is 5.80. The molecule has 1 N–H and O–H groups in total. The van der Waals surface area contributed by atoms with Gasteiger partial charge < -0.3 is 10.1 Å². The maximum absolute atomic E-state index is 5.80. The summed E-state index contributed by atoms with van der Waals surface area (Å²) < 4.78 is 7.09. The predicted octanol–water partition coefficient (Wildman–Crippen LogP) is 3.64. The zero-order chi connectivity index (χ0) is 14.5. The van der Waals surface area contributed by atoms with Crippen molar-refractivity contribution in [2.75, 3.05) is 26.3 Å². The lowest BCUT2D eigenvalue weighted by atomic mass is 9.79. The summed E-state index contributed by atoms with van der Waals surface area (Å²) in [5, 5.41) is 4.85. The standard InChI is InChI=1S/C17H24N2OS/c1-2-9-18-12-17(8-5-10-20-13-17)11-16-19-14-6-3-4-7-15(14)21-16/h3-4,6-7,18H,2,5,8-13H2,1H3. The Labute approximate surface area is 130 Å². The molecule has 1 unspecified atom stereocenters. The summed E-state index contributed by atoms with van der Waals surface area (Å²) in [6, 6.07) is 8.42. The first kappa shape index (κ1) is 14.9. The molecule has 1 saturated heterocycles. The van der Waals surface area contributed by atoms with Crippen LogP contribution in [0.5, 0.6) is 0 Å². The fourth-order valence-electron chi connectivity index (χ4n) is 3.10. The highest BCUT2D eigenvalue weighted by Gasteiger charge is 2.33. The van der Waals surface area contributed by atoms with E-state index in [1.165, 1.54) is 29.0 Å². The highest BCUT2D eigenvalue weighted by atomic mass is 32.1. The van der Waals surface area contributed by atoms with Crippen LogP contribution in [0.4, 0.5) is 0 Å². The first-order valence-corrected chi connectivity index (χ1v) is 8.76. The average Bonchev–Trinajstić information content (AvgIpc) is 2.90. The van der Waals surface area contributed by atoms with Crippen molar-refractivity contribution in [1.82, 2.24) is 10.3 Å². The fraction of sp³-hybridized carbons (Fsp3) is 0.588. The van der Waals surface area contributed by atoms with Crippen molar-refractivity contribution in [3.8, 4) is 0 Å². The van der Waals surface area contributed by atoms with Gasteiger partial charge >= 0.3 is 0 Å². The number of nitrogens with one attached hydrogen (secondary N) is 1. The van der Waals surface area contributed by atoms with Crippen LogP contribution in [-0.2, 0) is 11.2 Å². The van der Waals surface area contributed by atoms with Gasteiger partial charge in [-0.3, -0.25) is 0 Å². The molecule has 1 fully saturated rings. The summed E-state index contributed by atoms with van der Waals surface area (Å²) in [5.74, 6) is 0. The highest BCUT2D eigenvalue weighted by molar-refractivity contribution is 7.18. The lowest BCUT2D eigenvalue weighted by Gasteiger charge is -2.36. The smallest absolute Gasteiger partial charge is 0.0945 e. The van der Waals surface area contributed by atoms with Crippen LogP contribution < -0.4 is 5.32 Å². The average molecular weight is 304 g/mol. The van der Waals surface area contributed by atoms with Crippen molar-refractivity contribution in [3.63, 3.8) is 0 Å². The van der Waals surface area contributed by atoms with E-state index < -0.39 is 0 Å². The van der Waals surface area contributed by atoms with Gasteiger partial charge in [-0.05, 0) is 37.9 Å². The highest BCUT2D eigenvalue weighted by Crippen LogP contribution is 2.34. The second-order valence-corrected chi connectivity index (χ2v) is 7.20. The van der Waals surface area contributed by atoms with Crippen molar-refractivity contribution in [3.05, 3.63) is 29.3 Å². The molecular formula is C17H24N2OS. The molecule has 3 nitrogen and oxygen atoms in total. The molecule has 1 aliphatic heterocycles. The predicted molar refractivity (Wildman–Crippen MR) is 89.0 cm³/mol. The van der Waals surface area contributed by atoms with E-state index in [0.717, 1.165) is 38.2 Å². The van der Waals surface area contributed by atoms with Gasteiger partial charge in [0.15, 0.2) is 0 Å². The molecule has 21 heavy (non-hydrogen) atoms. The monoisotopic (exact) mass is 304 g/mol. The van der Waals surface area contributed by atoms with E-state index in [0.29, 0.717) is 0 Å². The summed E-state index contributed by atoms with van der Waals surface area (Å²) in [4.78, 5) is 4.82. The lowest BCUT2D eigenvalue weighted by molar-refractivity contribution is -0.00706. The van der Waals surface area contributed by atoms with Crippen molar-refractivity contribution >= 4 is 21.6 Å². The molecule has 0 radical (unpaired) electrons. The number of rotatable bonds is 6. The number of ether oxygens (including phenoxy) is 1. The van der Waals surface area contributed by atoms with Crippen molar-refractivity contribution in [2.24, 2.45) is 5.41 Å². The zero-order valence-corrected chi connectivity index (χ0v) is 13.5. The van der Waals surface area contributed by atoms with Crippen LogP contribution in [0, 0.1) is 5.41 Å². The van der Waals surface area contributed by atoms with Gasteiger partial charge in [0.25, 0.3) is 0 Å². The second kappa shape index (κ2) is 6.86. The summed E-state index contributed by atoms with van der Waals surface area (Å²) >= 11 is 1.83. The molecule has 0 bridgehead atoms. The van der Waals surface area contributed by atoms with Gasteiger partial charge in [-0.2, -0.15) is 0 Å². The molecule has 2 aromatic rings. The summed E-state index contributed by atoms with van der Waals surface area (Å²) in [6.45, 7) is 6.11. The van der Waals surface area contributed by atoms with Gasteiger partial charge in [0.05, 0.1) is 21.8 Å². The van der Waals surface area contributed by atoms with Gasteiger partial charge in [0.2, 0.25) is 0 Å². The van der Waals surface area contributed by atoms with E-state index in [9.17, 15) is 0 Å². The number of benzene rings is 1. The summed E-state index contributed by atoms with van der Waals surface area (Å²) in [7, 11) is 0. The van der Waals surface area contributed by atoms with Crippen LogP contribution in [0.2, 0.25) is 0 Å². The Morgan fingerprint density at radius 3 is 3.05 bits per heavy atom. The van der Waals surface area contributed by atoms with Gasteiger partial charge in [-0.1, -0.05) is 19.1 Å². The van der Waals surface area contributed by atoms with E-state index in [1.54, 1.807) is 0 Å². The molecule has 2 heterocycles. The number of thiazole rings is 1.